The first-order valence-corrected chi connectivity index (χ1v) is 9.08. The highest BCUT2D eigenvalue weighted by Gasteiger charge is 2.17. The van der Waals surface area contributed by atoms with Gasteiger partial charge in [0.05, 0.1) is 18.3 Å². The van der Waals surface area contributed by atoms with Crippen molar-refractivity contribution in [1.82, 2.24) is 4.98 Å². The molecule has 0 fully saturated rings. The minimum atomic E-state index is -0.0539. The molecule has 0 atom stereocenters. The van der Waals surface area contributed by atoms with Crippen molar-refractivity contribution in [2.75, 3.05) is 10.6 Å². The first kappa shape index (κ1) is 18.6. The molecule has 4 heteroatoms. The highest BCUT2D eigenvalue weighted by atomic mass is 16.1. The zero-order chi connectivity index (χ0) is 19.3. The van der Waals surface area contributed by atoms with Crippen LogP contribution in [0.25, 0.3) is 0 Å². The number of para-hydroxylation sites is 1. The van der Waals surface area contributed by atoms with E-state index < -0.39 is 0 Å². The van der Waals surface area contributed by atoms with Crippen LogP contribution in [0, 0.1) is 0 Å². The molecule has 0 saturated heterocycles. The number of aromatic nitrogens is 1. The van der Waals surface area contributed by atoms with Crippen LogP contribution in [0.15, 0.2) is 72.9 Å². The fraction of sp³-hybridized carbons (Fsp3) is 0.217. The summed E-state index contributed by atoms with van der Waals surface area (Å²) in [4.78, 5) is 16.6. The molecule has 4 nitrogen and oxygen atoms in total. The number of hydrogen-bond donors (Lipinski definition) is 2. The second-order valence-electron chi connectivity index (χ2n) is 7.56. The van der Waals surface area contributed by atoms with Crippen LogP contribution in [0.4, 0.5) is 17.2 Å². The molecule has 0 radical (unpaired) electrons. The molecule has 0 saturated carbocycles. The maximum atomic E-state index is 12.2. The van der Waals surface area contributed by atoms with E-state index in [9.17, 15) is 4.79 Å². The SMILES string of the molecule is CC(C)(C)c1ccccc1Nc1ccc(NC(=O)Cc2ccccc2)cn1. The predicted molar refractivity (Wildman–Crippen MR) is 111 cm³/mol. The lowest BCUT2D eigenvalue weighted by molar-refractivity contribution is -0.115. The van der Waals surface area contributed by atoms with E-state index in [0.717, 1.165) is 17.1 Å². The summed E-state index contributed by atoms with van der Waals surface area (Å²) in [5.74, 6) is 0.689. The minimum absolute atomic E-state index is 0.0367. The predicted octanol–water partition coefficient (Wildman–Crippen LogP) is 5.30. The van der Waals surface area contributed by atoms with Gasteiger partial charge < -0.3 is 10.6 Å². The Morgan fingerprint density at radius 2 is 1.63 bits per heavy atom. The van der Waals surface area contributed by atoms with Crippen LogP contribution in [-0.2, 0) is 16.6 Å². The number of nitrogens with one attached hydrogen (secondary N) is 2. The van der Waals surface area contributed by atoms with Crippen LogP contribution >= 0.6 is 0 Å². The number of carbonyl (C=O) groups is 1. The van der Waals surface area contributed by atoms with Gasteiger partial charge in [-0.3, -0.25) is 4.79 Å². The van der Waals surface area contributed by atoms with Gasteiger partial charge in [0.2, 0.25) is 5.91 Å². The number of amides is 1. The van der Waals surface area contributed by atoms with Gasteiger partial charge >= 0.3 is 0 Å². The van der Waals surface area contributed by atoms with Gasteiger partial charge in [0.1, 0.15) is 5.82 Å². The highest BCUT2D eigenvalue weighted by molar-refractivity contribution is 5.92. The first-order chi connectivity index (χ1) is 12.9. The van der Waals surface area contributed by atoms with Crippen molar-refractivity contribution >= 4 is 23.1 Å². The van der Waals surface area contributed by atoms with Crippen molar-refractivity contribution in [2.45, 2.75) is 32.6 Å². The zero-order valence-corrected chi connectivity index (χ0v) is 16.0. The topological polar surface area (TPSA) is 54.0 Å². The second kappa shape index (κ2) is 8.04. The summed E-state index contributed by atoms with van der Waals surface area (Å²) in [5.41, 5.74) is 3.98. The Morgan fingerprint density at radius 3 is 2.30 bits per heavy atom. The number of hydrogen-bond acceptors (Lipinski definition) is 3. The Balaban J connectivity index is 1.65. The third kappa shape index (κ3) is 5.17. The lowest BCUT2D eigenvalue weighted by atomic mass is 9.86. The number of pyridine rings is 1. The Bertz CT molecular complexity index is 897. The molecule has 2 aromatic carbocycles. The monoisotopic (exact) mass is 359 g/mol. The zero-order valence-electron chi connectivity index (χ0n) is 16.0. The maximum absolute atomic E-state index is 12.2. The van der Waals surface area contributed by atoms with Gasteiger partial charge in [0.25, 0.3) is 0 Å². The van der Waals surface area contributed by atoms with Crippen LogP contribution in [0.5, 0.6) is 0 Å². The third-order valence-corrected chi connectivity index (χ3v) is 4.25. The second-order valence-corrected chi connectivity index (χ2v) is 7.56. The molecular formula is C23H25N3O. The van der Waals surface area contributed by atoms with E-state index >= 15 is 0 Å². The molecule has 0 aliphatic heterocycles. The lowest BCUT2D eigenvalue weighted by Gasteiger charge is -2.23. The Labute approximate surface area is 160 Å². The summed E-state index contributed by atoms with van der Waals surface area (Å²) in [5, 5.41) is 6.26. The van der Waals surface area contributed by atoms with Crippen LogP contribution in [0.1, 0.15) is 31.9 Å². The summed E-state index contributed by atoms with van der Waals surface area (Å²) in [6, 6.07) is 21.7. The van der Waals surface area contributed by atoms with Crippen LogP contribution in [0.3, 0.4) is 0 Å². The van der Waals surface area contributed by atoms with Gasteiger partial charge in [-0.1, -0.05) is 69.3 Å². The Kier molecular flexibility index (Phi) is 5.55. The number of anilines is 3. The lowest BCUT2D eigenvalue weighted by Crippen LogP contribution is -2.15. The summed E-state index contributed by atoms with van der Waals surface area (Å²) in [6.07, 6.45) is 2.02. The van der Waals surface area contributed by atoms with Gasteiger partial charge in [-0.25, -0.2) is 4.98 Å². The molecule has 27 heavy (non-hydrogen) atoms. The fourth-order valence-electron chi connectivity index (χ4n) is 2.91. The molecule has 1 amide bonds. The summed E-state index contributed by atoms with van der Waals surface area (Å²) < 4.78 is 0. The van der Waals surface area contributed by atoms with E-state index in [1.165, 1.54) is 5.56 Å². The first-order valence-electron chi connectivity index (χ1n) is 9.08. The molecule has 1 aromatic heterocycles. The van der Waals surface area contributed by atoms with E-state index in [2.05, 4.69) is 48.5 Å². The molecule has 0 aliphatic rings. The number of rotatable bonds is 5. The summed E-state index contributed by atoms with van der Waals surface area (Å²) >= 11 is 0. The smallest absolute Gasteiger partial charge is 0.228 e. The molecule has 3 rings (SSSR count). The molecule has 138 valence electrons. The van der Waals surface area contributed by atoms with E-state index in [-0.39, 0.29) is 11.3 Å². The van der Waals surface area contributed by atoms with Gasteiger partial charge in [-0.2, -0.15) is 0 Å². The van der Waals surface area contributed by atoms with E-state index in [1.54, 1.807) is 6.20 Å². The largest absolute Gasteiger partial charge is 0.340 e. The average Bonchev–Trinajstić information content (AvgIpc) is 2.64. The average molecular weight is 359 g/mol. The van der Waals surface area contributed by atoms with Crippen molar-refractivity contribution < 1.29 is 4.79 Å². The van der Waals surface area contributed by atoms with Crippen molar-refractivity contribution in [3.8, 4) is 0 Å². The number of carbonyl (C=O) groups excluding carboxylic acids is 1. The Hall–Kier alpha value is -3.14. The number of benzene rings is 2. The normalized spacial score (nSPS) is 11.1. The van der Waals surface area contributed by atoms with Crippen molar-refractivity contribution in [2.24, 2.45) is 0 Å². The summed E-state index contributed by atoms with van der Waals surface area (Å²) in [6.45, 7) is 6.56. The highest BCUT2D eigenvalue weighted by Crippen LogP contribution is 2.30. The molecule has 0 aliphatic carbocycles. The molecule has 0 bridgehead atoms. The van der Waals surface area contributed by atoms with E-state index in [4.69, 9.17) is 0 Å². The van der Waals surface area contributed by atoms with Crippen molar-refractivity contribution in [3.05, 3.63) is 84.1 Å². The maximum Gasteiger partial charge on any atom is 0.228 e. The molecule has 0 unspecified atom stereocenters. The van der Waals surface area contributed by atoms with Crippen molar-refractivity contribution in [1.29, 1.82) is 0 Å². The van der Waals surface area contributed by atoms with Crippen LogP contribution in [-0.4, -0.2) is 10.9 Å². The molecule has 2 N–H and O–H groups in total. The minimum Gasteiger partial charge on any atom is -0.340 e. The molecule has 0 spiro atoms. The third-order valence-electron chi connectivity index (χ3n) is 4.25. The van der Waals surface area contributed by atoms with Gasteiger partial charge in [0, 0.05) is 5.69 Å². The van der Waals surface area contributed by atoms with E-state index in [0.29, 0.717) is 12.1 Å². The fourth-order valence-corrected chi connectivity index (χ4v) is 2.91. The molecular weight excluding hydrogens is 334 g/mol. The quantitative estimate of drug-likeness (QED) is 0.649. The summed E-state index contributed by atoms with van der Waals surface area (Å²) in [7, 11) is 0. The van der Waals surface area contributed by atoms with Gasteiger partial charge in [0.15, 0.2) is 0 Å². The Morgan fingerprint density at radius 1 is 0.926 bits per heavy atom. The standard InChI is InChI=1S/C23H25N3O/c1-23(2,3)19-11-7-8-12-20(19)26-21-14-13-18(16-24-21)25-22(27)15-17-9-5-4-6-10-17/h4-14,16H,15H2,1-3H3,(H,24,26)(H,25,27). The molecule has 1 heterocycles. The molecule has 3 aromatic rings. The van der Waals surface area contributed by atoms with Gasteiger partial charge in [-0.05, 0) is 34.7 Å². The van der Waals surface area contributed by atoms with Crippen LogP contribution in [0.2, 0.25) is 0 Å². The van der Waals surface area contributed by atoms with Crippen LogP contribution < -0.4 is 10.6 Å². The van der Waals surface area contributed by atoms with Gasteiger partial charge in [-0.15, -0.1) is 0 Å². The van der Waals surface area contributed by atoms with Crippen molar-refractivity contribution in [3.63, 3.8) is 0 Å². The van der Waals surface area contributed by atoms with E-state index in [1.807, 2.05) is 54.6 Å². The number of nitrogens with zero attached hydrogens (tertiary/aromatic N) is 1.